The summed E-state index contributed by atoms with van der Waals surface area (Å²) in [5, 5.41) is 2.81. The number of likely N-dealkylation sites (tertiary alicyclic amines) is 1. The second kappa shape index (κ2) is 9.69. The van der Waals surface area contributed by atoms with Gasteiger partial charge in [0.2, 0.25) is 0 Å². The van der Waals surface area contributed by atoms with E-state index in [2.05, 4.69) is 22.2 Å². The number of ether oxygens (including phenoxy) is 3. The number of rotatable bonds is 8. The van der Waals surface area contributed by atoms with Gasteiger partial charge in [-0.3, -0.25) is 9.20 Å². The van der Waals surface area contributed by atoms with Crippen LogP contribution in [0.2, 0.25) is 0 Å². The van der Waals surface area contributed by atoms with Gasteiger partial charge < -0.3 is 24.4 Å². The number of alkyl halides is 2. The molecule has 1 aliphatic heterocycles. The Morgan fingerprint density at radius 1 is 1.20 bits per heavy atom. The number of aromatic nitrogens is 2. The van der Waals surface area contributed by atoms with Crippen molar-refractivity contribution in [2.75, 3.05) is 27.2 Å². The topological polar surface area (TPSA) is 77.3 Å². The highest BCUT2D eigenvalue weighted by Crippen LogP contribution is 2.37. The minimum Gasteiger partial charge on any atom is -0.496 e. The third-order valence-corrected chi connectivity index (χ3v) is 6.31. The lowest BCUT2D eigenvalue weighted by atomic mass is 10.1. The van der Waals surface area contributed by atoms with Crippen molar-refractivity contribution in [1.29, 1.82) is 0 Å². The predicted octanol–water partition coefficient (Wildman–Crippen LogP) is 3.98. The van der Waals surface area contributed by atoms with E-state index < -0.39 is 12.5 Å². The van der Waals surface area contributed by atoms with Gasteiger partial charge >= 0.3 is 6.61 Å². The van der Waals surface area contributed by atoms with Gasteiger partial charge in [0.15, 0.2) is 0 Å². The molecule has 1 unspecified atom stereocenters. The van der Waals surface area contributed by atoms with Gasteiger partial charge in [0.1, 0.15) is 34.6 Å². The van der Waals surface area contributed by atoms with Crippen LogP contribution in [0.5, 0.6) is 17.2 Å². The molecule has 0 spiro atoms. The summed E-state index contributed by atoms with van der Waals surface area (Å²) in [7, 11) is 3.47. The number of likely N-dealkylation sites (N-methyl/N-ethyl adjacent to an activating group) is 1. The minimum atomic E-state index is -3.09. The third kappa shape index (κ3) is 5.17. The SMILES string of the molecule is COc1cc(-c2cnc3cc(OC4CCCN(C)C4)ccn23)cc(OC(F)F)c1C(=O)NC1CC1. The van der Waals surface area contributed by atoms with Gasteiger partial charge in [-0.2, -0.15) is 8.78 Å². The van der Waals surface area contributed by atoms with E-state index in [1.54, 1.807) is 12.3 Å². The van der Waals surface area contributed by atoms with Crippen LogP contribution in [0.25, 0.3) is 16.9 Å². The number of nitrogens with zero attached hydrogens (tertiary/aromatic N) is 3. The van der Waals surface area contributed by atoms with Crippen LogP contribution in [-0.4, -0.2) is 66.2 Å². The van der Waals surface area contributed by atoms with E-state index in [9.17, 15) is 13.6 Å². The summed E-state index contributed by atoms with van der Waals surface area (Å²) in [5.41, 5.74) is 1.75. The molecule has 35 heavy (non-hydrogen) atoms. The molecule has 10 heteroatoms. The average molecular weight is 487 g/mol. The molecule has 2 aliphatic rings. The highest BCUT2D eigenvalue weighted by atomic mass is 19.3. The Kier molecular flexibility index (Phi) is 6.46. The summed E-state index contributed by atoms with van der Waals surface area (Å²) >= 11 is 0. The normalized spacial score (nSPS) is 18.6. The Hall–Kier alpha value is -3.40. The maximum absolute atomic E-state index is 13.2. The summed E-state index contributed by atoms with van der Waals surface area (Å²) in [5.74, 6) is 0.123. The molecule has 3 heterocycles. The molecule has 1 saturated heterocycles. The number of imidazole rings is 1. The smallest absolute Gasteiger partial charge is 0.387 e. The second-order valence-electron chi connectivity index (χ2n) is 9.06. The van der Waals surface area contributed by atoms with E-state index in [1.165, 1.54) is 13.2 Å². The summed E-state index contributed by atoms with van der Waals surface area (Å²) in [6, 6.07) is 6.81. The van der Waals surface area contributed by atoms with Crippen LogP contribution >= 0.6 is 0 Å². The second-order valence-corrected chi connectivity index (χ2v) is 9.06. The Morgan fingerprint density at radius 2 is 2.00 bits per heavy atom. The van der Waals surface area contributed by atoms with E-state index >= 15 is 0 Å². The first-order chi connectivity index (χ1) is 16.9. The number of piperidine rings is 1. The number of methoxy groups -OCH3 is 1. The Bertz CT molecular complexity index is 1230. The number of benzene rings is 1. The fourth-order valence-corrected chi connectivity index (χ4v) is 4.45. The molecule has 0 bridgehead atoms. The first-order valence-corrected chi connectivity index (χ1v) is 11.7. The highest BCUT2D eigenvalue weighted by Gasteiger charge is 2.29. The fourth-order valence-electron chi connectivity index (χ4n) is 4.45. The molecule has 1 amide bonds. The Morgan fingerprint density at radius 3 is 2.71 bits per heavy atom. The molecule has 2 fully saturated rings. The summed E-state index contributed by atoms with van der Waals surface area (Å²) in [6.07, 6.45) is 7.41. The number of hydrogen-bond donors (Lipinski definition) is 1. The van der Waals surface area contributed by atoms with Crippen LogP contribution in [-0.2, 0) is 0 Å². The quantitative estimate of drug-likeness (QED) is 0.519. The van der Waals surface area contributed by atoms with Gasteiger partial charge in [0, 0.05) is 30.4 Å². The molecular formula is C25H28F2N4O4. The maximum atomic E-state index is 13.2. The number of carbonyl (C=O) groups excluding carboxylic acids is 1. The monoisotopic (exact) mass is 486 g/mol. The molecule has 8 nitrogen and oxygen atoms in total. The third-order valence-electron chi connectivity index (χ3n) is 6.31. The van der Waals surface area contributed by atoms with Gasteiger partial charge in [0.25, 0.3) is 5.91 Å². The van der Waals surface area contributed by atoms with Crippen molar-refractivity contribution in [3.63, 3.8) is 0 Å². The Labute approximate surface area is 201 Å². The molecular weight excluding hydrogens is 458 g/mol. The maximum Gasteiger partial charge on any atom is 0.387 e. The molecule has 1 aliphatic carbocycles. The van der Waals surface area contributed by atoms with Crippen LogP contribution in [0.15, 0.2) is 36.7 Å². The van der Waals surface area contributed by atoms with Crippen molar-refractivity contribution >= 4 is 11.6 Å². The standard InChI is InChI=1S/C25H28F2N4O4/c1-30-8-3-4-18(14-30)34-17-7-9-31-19(13-28-22(31)12-17)15-10-20(33-2)23(21(11-15)35-25(26)27)24(32)29-16-5-6-16/h7,9-13,16,18,25H,3-6,8,14H2,1-2H3,(H,29,32). The van der Waals surface area contributed by atoms with Crippen molar-refractivity contribution in [2.24, 2.45) is 0 Å². The van der Waals surface area contributed by atoms with Crippen LogP contribution < -0.4 is 19.5 Å². The van der Waals surface area contributed by atoms with E-state index in [-0.39, 0.29) is 29.2 Å². The number of fused-ring (bicyclic) bond motifs is 1. The van der Waals surface area contributed by atoms with Crippen LogP contribution in [0.1, 0.15) is 36.0 Å². The summed E-state index contributed by atoms with van der Waals surface area (Å²) < 4.78 is 44.6. The lowest BCUT2D eigenvalue weighted by Crippen LogP contribution is -2.38. The predicted molar refractivity (Wildman–Crippen MR) is 125 cm³/mol. The molecule has 1 saturated carbocycles. The van der Waals surface area contributed by atoms with Crippen molar-refractivity contribution in [1.82, 2.24) is 19.6 Å². The lowest BCUT2D eigenvalue weighted by molar-refractivity contribution is -0.0502. The van der Waals surface area contributed by atoms with Gasteiger partial charge in [-0.05, 0) is 57.5 Å². The van der Waals surface area contributed by atoms with E-state index in [4.69, 9.17) is 14.2 Å². The minimum absolute atomic E-state index is 0.0505. The summed E-state index contributed by atoms with van der Waals surface area (Å²) in [4.78, 5) is 19.5. The molecule has 2 aromatic heterocycles. The van der Waals surface area contributed by atoms with Gasteiger partial charge in [-0.25, -0.2) is 4.98 Å². The van der Waals surface area contributed by atoms with Crippen LogP contribution in [0.4, 0.5) is 8.78 Å². The number of nitrogens with one attached hydrogen (secondary N) is 1. The number of pyridine rings is 1. The van der Waals surface area contributed by atoms with Crippen molar-refractivity contribution < 1.29 is 27.8 Å². The highest BCUT2D eigenvalue weighted by molar-refractivity contribution is 6.01. The number of hydrogen-bond acceptors (Lipinski definition) is 6. The molecule has 1 N–H and O–H groups in total. The van der Waals surface area contributed by atoms with E-state index in [1.807, 2.05) is 22.7 Å². The Balaban J connectivity index is 1.47. The van der Waals surface area contributed by atoms with Crippen molar-refractivity contribution in [3.05, 3.63) is 42.2 Å². The molecule has 0 radical (unpaired) electrons. The molecule has 5 rings (SSSR count). The van der Waals surface area contributed by atoms with Crippen molar-refractivity contribution in [3.8, 4) is 28.5 Å². The first kappa shape index (κ1) is 23.3. The van der Waals surface area contributed by atoms with Crippen LogP contribution in [0, 0.1) is 0 Å². The summed E-state index contributed by atoms with van der Waals surface area (Å²) in [6.45, 7) is -1.15. The largest absolute Gasteiger partial charge is 0.496 e. The zero-order valence-electron chi connectivity index (χ0n) is 19.7. The van der Waals surface area contributed by atoms with E-state index in [0.29, 0.717) is 16.9 Å². The fraction of sp³-hybridized carbons (Fsp3) is 0.440. The number of halogens is 2. The van der Waals surface area contributed by atoms with Gasteiger partial charge in [0.05, 0.1) is 19.0 Å². The average Bonchev–Trinajstić information content (AvgIpc) is 3.53. The number of carbonyl (C=O) groups is 1. The van der Waals surface area contributed by atoms with E-state index in [0.717, 1.165) is 44.5 Å². The molecule has 1 atom stereocenters. The lowest BCUT2D eigenvalue weighted by Gasteiger charge is -2.30. The number of amides is 1. The van der Waals surface area contributed by atoms with Gasteiger partial charge in [-0.15, -0.1) is 0 Å². The molecule has 3 aromatic rings. The zero-order chi connectivity index (χ0) is 24.5. The first-order valence-electron chi connectivity index (χ1n) is 11.7. The zero-order valence-corrected chi connectivity index (χ0v) is 19.7. The molecule has 1 aromatic carbocycles. The van der Waals surface area contributed by atoms with Crippen LogP contribution in [0.3, 0.4) is 0 Å². The van der Waals surface area contributed by atoms with Gasteiger partial charge in [-0.1, -0.05) is 0 Å². The molecule has 186 valence electrons. The van der Waals surface area contributed by atoms with Crippen molar-refractivity contribution in [2.45, 2.75) is 44.4 Å².